The van der Waals surface area contributed by atoms with Crippen molar-refractivity contribution in [1.82, 2.24) is 0 Å². The lowest BCUT2D eigenvalue weighted by atomic mass is 9.87. The Balaban J connectivity index is 0.000000640. The molecule has 0 aromatic rings. The molecule has 0 radical (unpaired) electrons. The Bertz CT molecular complexity index is 65.3. The number of rotatable bonds is 0. The van der Waals surface area contributed by atoms with Crippen LogP contribution >= 0.6 is 12.4 Å². The van der Waals surface area contributed by atoms with Gasteiger partial charge in [-0.05, 0) is 18.8 Å². The lowest BCUT2D eigenvalue weighted by Crippen LogP contribution is -2.30. The van der Waals surface area contributed by atoms with Crippen molar-refractivity contribution in [3.8, 4) is 0 Å². The Morgan fingerprint density at radius 3 is 2.11 bits per heavy atom. The predicted molar refractivity (Wildman–Crippen MR) is 42.9 cm³/mol. The molecule has 0 heterocycles. The van der Waals surface area contributed by atoms with E-state index in [2.05, 4.69) is 6.92 Å². The van der Waals surface area contributed by atoms with Crippen LogP contribution in [0, 0.1) is 5.92 Å². The van der Waals surface area contributed by atoms with Crippen molar-refractivity contribution in [1.29, 1.82) is 0 Å². The van der Waals surface area contributed by atoms with Gasteiger partial charge in [-0.1, -0.05) is 19.8 Å². The van der Waals surface area contributed by atoms with E-state index in [9.17, 15) is 0 Å². The van der Waals surface area contributed by atoms with E-state index in [1.54, 1.807) is 0 Å². The molecule has 56 valence electrons. The monoisotopic (exact) mass is 149 g/mol. The van der Waals surface area contributed by atoms with Crippen LogP contribution in [0.5, 0.6) is 0 Å². The second-order valence-electron chi connectivity index (χ2n) is 2.93. The first-order chi connectivity index (χ1) is 3.80. The molecule has 1 nitrogen and oxygen atoms in total. The first kappa shape index (κ1) is 9.25. The third kappa shape index (κ3) is 2.55. The van der Waals surface area contributed by atoms with E-state index in [0.717, 1.165) is 5.92 Å². The van der Waals surface area contributed by atoms with Gasteiger partial charge in [-0.25, -0.2) is 0 Å². The van der Waals surface area contributed by atoms with Gasteiger partial charge in [0.2, 0.25) is 0 Å². The third-order valence-electron chi connectivity index (χ3n) is 2.18. The normalized spacial score (nSPS) is 35.3. The first-order valence-electron chi connectivity index (χ1n) is 3.56. The van der Waals surface area contributed by atoms with Gasteiger partial charge in [0.25, 0.3) is 0 Å². The van der Waals surface area contributed by atoms with Crippen molar-refractivity contribution in [3.05, 3.63) is 0 Å². The van der Waals surface area contributed by atoms with E-state index in [1.165, 1.54) is 25.7 Å². The highest BCUT2D eigenvalue weighted by Crippen LogP contribution is 2.21. The van der Waals surface area contributed by atoms with E-state index in [1.807, 2.05) is 0 Å². The zero-order chi connectivity index (χ0) is 5.98. The second-order valence-corrected chi connectivity index (χ2v) is 2.93. The van der Waals surface area contributed by atoms with E-state index in [4.69, 9.17) is 5.73 Å². The largest absolute Gasteiger partial charge is 0.327 e. The Morgan fingerprint density at radius 1 is 1.22 bits per heavy atom. The summed E-state index contributed by atoms with van der Waals surface area (Å²) in [5, 5.41) is 0. The molecule has 0 aliphatic heterocycles. The van der Waals surface area contributed by atoms with Gasteiger partial charge in [-0.15, -0.1) is 12.4 Å². The number of hydrogen-bond donors (Lipinski definition) is 1. The highest BCUT2D eigenvalue weighted by Gasteiger charge is 2.15. The molecule has 0 amide bonds. The molecule has 2 heteroatoms. The molecule has 1 fully saturated rings. The average Bonchev–Trinajstić information content (AvgIpc) is 1.77. The fourth-order valence-electron chi connectivity index (χ4n) is 1.34. The molecule has 0 aromatic heterocycles. The van der Waals surface area contributed by atoms with Gasteiger partial charge >= 0.3 is 0 Å². The van der Waals surface area contributed by atoms with E-state index in [-0.39, 0.29) is 12.4 Å². The van der Waals surface area contributed by atoms with E-state index >= 15 is 0 Å². The SMILES string of the molecule is C[C@@H]1CCCC[C@@H]1N.Cl. The summed E-state index contributed by atoms with van der Waals surface area (Å²) >= 11 is 0. The molecule has 2 atom stereocenters. The summed E-state index contributed by atoms with van der Waals surface area (Å²) < 4.78 is 0. The average molecular weight is 150 g/mol. The molecule has 0 spiro atoms. The summed E-state index contributed by atoms with van der Waals surface area (Å²) in [5.41, 5.74) is 5.78. The van der Waals surface area contributed by atoms with Crippen molar-refractivity contribution < 1.29 is 0 Å². The van der Waals surface area contributed by atoms with Crippen LogP contribution in [-0.2, 0) is 0 Å². The number of halogens is 1. The first-order valence-corrected chi connectivity index (χ1v) is 3.56. The van der Waals surface area contributed by atoms with Crippen LogP contribution in [0.2, 0.25) is 0 Å². The summed E-state index contributed by atoms with van der Waals surface area (Å²) in [4.78, 5) is 0. The maximum atomic E-state index is 5.78. The molecule has 0 saturated heterocycles. The van der Waals surface area contributed by atoms with Crippen molar-refractivity contribution in [2.75, 3.05) is 0 Å². The topological polar surface area (TPSA) is 26.0 Å². The van der Waals surface area contributed by atoms with Gasteiger partial charge in [-0.3, -0.25) is 0 Å². The lowest BCUT2D eigenvalue weighted by molar-refractivity contribution is 0.331. The minimum Gasteiger partial charge on any atom is -0.327 e. The van der Waals surface area contributed by atoms with Crippen LogP contribution in [0.4, 0.5) is 0 Å². The molecule has 0 unspecified atom stereocenters. The molecule has 2 N–H and O–H groups in total. The maximum absolute atomic E-state index is 5.78. The molecule has 9 heavy (non-hydrogen) atoms. The summed E-state index contributed by atoms with van der Waals surface area (Å²) in [6.07, 6.45) is 5.35. The standard InChI is InChI=1S/C7H15N.ClH/c1-6-4-2-3-5-7(6)8;/h6-7H,2-5,8H2,1H3;1H/t6-,7+;/m1./s1. The smallest absolute Gasteiger partial charge is 0.00645 e. The Kier molecular flexibility index (Phi) is 4.24. The van der Waals surface area contributed by atoms with Crippen LogP contribution in [0.1, 0.15) is 32.6 Å². The van der Waals surface area contributed by atoms with Crippen LogP contribution in [0.15, 0.2) is 0 Å². The Morgan fingerprint density at radius 2 is 1.78 bits per heavy atom. The highest BCUT2D eigenvalue weighted by molar-refractivity contribution is 5.85. The van der Waals surface area contributed by atoms with Crippen molar-refractivity contribution in [2.45, 2.75) is 38.6 Å². The zero-order valence-electron chi connectivity index (χ0n) is 5.97. The fourth-order valence-corrected chi connectivity index (χ4v) is 1.34. The van der Waals surface area contributed by atoms with E-state index in [0.29, 0.717) is 6.04 Å². The van der Waals surface area contributed by atoms with Gasteiger partial charge in [0.05, 0.1) is 0 Å². The van der Waals surface area contributed by atoms with Crippen molar-refractivity contribution in [2.24, 2.45) is 11.7 Å². The van der Waals surface area contributed by atoms with Crippen molar-refractivity contribution >= 4 is 12.4 Å². The quantitative estimate of drug-likeness (QED) is 0.560. The third-order valence-corrected chi connectivity index (χ3v) is 2.18. The van der Waals surface area contributed by atoms with Crippen LogP contribution in [0.3, 0.4) is 0 Å². The maximum Gasteiger partial charge on any atom is 0.00645 e. The summed E-state index contributed by atoms with van der Waals surface area (Å²) in [6.45, 7) is 2.25. The van der Waals surface area contributed by atoms with Gasteiger partial charge in [0, 0.05) is 6.04 Å². The second kappa shape index (κ2) is 4.13. The van der Waals surface area contributed by atoms with Crippen LogP contribution in [-0.4, -0.2) is 6.04 Å². The van der Waals surface area contributed by atoms with Gasteiger partial charge < -0.3 is 5.73 Å². The van der Waals surface area contributed by atoms with Crippen LogP contribution in [0.25, 0.3) is 0 Å². The highest BCUT2D eigenvalue weighted by atomic mass is 35.5. The summed E-state index contributed by atoms with van der Waals surface area (Å²) in [5.74, 6) is 0.781. The molecule has 1 saturated carbocycles. The molecular formula is C7H16ClN. The lowest BCUT2D eigenvalue weighted by Gasteiger charge is -2.24. The van der Waals surface area contributed by atoms with Gasteiger partial charge in [-0.2, -0.15) is 0 Å². The molecule has 1 aliphatic carbocycles. The molecule has 1 rings (SSSR count). The zero-order valence-corrected chi connectivity index (χ0v) is 6.79. The number of hydrogen-bond acceptors (Lipinski definition) is 1. The minimum absolute atomic E-state index is 0. The fraction of sp³-hybridized carbons (Fsp3) is 1.00. The van der Waals surface area contributed by atoms with Crippen molar-refractivity contribution in [3.63, 3.8) is 0 Å². The van der Waals surface area contributed by atoms with Gasteiger partial charge in [0.15, 0.2) is 0 Å². The number of nitrogens with two attached hydrogens (primary N) is 1. The van der Waals surface area contributed by atoms with Gasteiger partial charge in [0.1, 0.15) is 0 Å². The summed E-state index contributed by atoms with van der Waals surface area (Å²) in [7, 11) is 0. The molecular weight excluding hydrogens is 134 g/mol. The minimum atomic E-state index is 0. The molecule has 0 aromatic carbocycles. The van der Waals surface area contributed by atoms with Crippen LogP contribution < -0.4 is 5.73 Å². The summed E-state index contributed by atoms with van der Waals surface area (Å²) in [6, 6.07) is 0.503. The Labute approximate surface area is 63.4 Å². The Hall–Kier alpha value is 0.250. The molecule has 1 aliphatic rings. The molecule has 0 bridgehead atoms. The van der Waals surface area contributed by atoms with E-state index < -0.39 is 0 Å². The predicted octanol–water partition coefficient (Wildman–Crippen LogP) is 1.95.